The van der Waals surface area contributed by atoms with Crippen LogP contribution in [-0.4, -0.2) is 21.5 Å². The van der Waals surface area contributed by atoms with Gasteiger partial charge in [0.05, 0.1) is 5.52 Å². The number of nitrogens with zero attached hydrogens (tertiary/aromatic N) is 2. The van der Waals surface area contributed by atoms with Gasteiger partial charge < -0.3 is 5.32 Å². The number of anilines is 1. The highest BCUT2D eigenvalue weighted by molar-refractivity contribution is 7.71. The van der Waals surface area contributed by atoms with Crippen molar-refractivity contribution in [3.8, 4) is 0 Å². The summed E-state index contributed by atoms with van der Waals surface area (Å²) >= 11 is 5.25. The molecular formula is C14H15N3OS. The van der Waals surface area contributed by atoms with E-state index < -0.39 is 0 Å². The number of aromatic nitrogens is 2. The first-order chi connectivity index (χ1) is 9.13. The fraction of sp³-hybridized carbons (Fsp3) is 0.357. The van der Waals surface area contributed by atoms with E-state index in [1.165, 1.54) is 4.57 Å². The molecule has 2 aromatic rings. The summed E-state index contributed by atoms with van der Waals surface area (Å²) in [5.74, 6) is 1.05. The van der Waals surface area contributed by atoms with E-state index in [1.807, 2.05) is 24.3 Å². The average molecular weight is 273 g/mol. The number of rotatable bonds is 2. The van der Waals surface area contributed by atoms with Gasteiger partial charge in [0, 0.05) is 5.39 Å². The molecule has 0 spiro atoms. The number of hydrogen-bond donors (Lipinski definition) is 1. The molecule has 98 valence electrons. The Hall–Kier alpha value is -1.75. The van der Waals surface area contributed by atoms with Crippen LogP contribution in [0.25, 0.3) is 10.9 Å². The highest BCUT2D eigenvalue weighted by atomic mass is 32.1. The summed E-state index contributed by atoms with van der Waals surface area (Å²) in [6.07, 6.45) is 0.941. The van der Waals surface area contributed by atoms with Gasteiger partial charge in [0.25, 0.3) is 5.91 Å². The molecule has 0 fully saturated rings. The number of nitrogens with one attached hydrogen (secondary N) is 1. The number of para-hydroxylation sites is 1. The summed E-state index contributed by atoms with van der Waals surface area (Å²) in [4.78, 5) is 16.8. The van der Waals surface area contributed by atoms with Crippen molar-refractivity contribution in [3.05, 3.63) is 29.0 Å². The molecule has 3 rings (SSSR count). The van der Waals surface area contributed by atoms with E-state index in [0.29, 0.717) is 4.77 Å². The standard InChI is InChI=1S/C14H15N3OS/c1-3-8(2)11-13(18)17-12(16-11)9-6-4-5-7-10(9)15-14(17)19/h4-8,11,16H,3H2,1-2H3/t8-,11-/m1/s1. The first-order valence-electron chi connectivity index (χ1n) is 6.46. The molecule has 1 aromatic heterocycles. The Morgan fingerprint density at radius 3 is 2.95 bits per heavy atom. The van der Waals surface area contributed by atoms with Gasteiger partial charge in [-0.1, -0.05) is 32.4 Å². The van der Waals surface area contributed by atoms with Gasteiger partial charge in [0.15, 0.2) is 0 Å². The fourth-order valence-corrected chi connectivity index (χ4v) is 2.74. The summed E-state index contributed by atoms with van der Waals surface area (Å²) < 4.78 is 1.87. The SMILES string of the molecule is CC[C@@H](C)[C@H]1Nc2c3ccccc3nc(=S)n2C1=O. The van der Waals surface area contributed by atoms with Crippen molar-refractivity contribution in [2.24, 2.45) is 5.92 Å². The zero-order valence-electron chi connectivity index (χ0n) is 10.9. The third kappa shape index (κ3) is 1.76. The molecule has 2 atom stereocenters. The van der Waals surface area contributed by atoms with Gasteiger partial charge in [-0.2, -0.15) is 0 Å². The smallest absolute Gasteiger partial charge is 0.257 e. The van der Waals surface area contributed by atoms with Crippen LogP contribution >= 0.6 is 12.2 Å². The normalized spacial score (nSPS) is 19.3. The lowest BCUT2D eigenvalue weighted by Crippen LogP contribution is -2.31. The third-order valence-corrected chi connectivity index (χ3v) is 4.06. The first-order valence-corrected chi connectivity index (χ1v) is 6.87. The molecule has 1 aliphatic heterocycles. The predicted molar refractivity (Wildman–Crippen MR) is 78.1 cm³/mol. The van der Waals surface area contributed by atoms with Crippen molar-refractivity contribution in [1.82, 2.24) is 9.55 Å². The Kier molecular flexibility index (Phi) is 2.86. The predicted octanol–water partition coefficient (Wildman–Crippen LogP) is 3.25. The Labute approximate surface area is 116 Å². The maximum Gasteiger partial charge on any atom is 0.257 e. The number of benzene rings is 1. The molecule has 0 bridgehead atoms. The summed E-state index contributed by atoms with van der Waals surface area (Å²) in [6, 6.07) is 7.52. The molecule has 4 nitrogen and oxygen atoms in total. The van der Waals surface area contributed by atoms with Crippen LogP contribution in [0.15, 0.2) is 24.3 Å². The Morgan fingerprint density at radius 1 is 1.47 bits per heavy atom. The topological polar surface area (TPSA) is 46.9 Å². The lowest BCUT2D eigenvalue weighted by Gasteiger charge is -2.15. The van der Waals surface area contributed by atoms with Crippen molar-refractivity contribution in [2.45, 2.75) is 26.3 Å². The van der Waals surface area contributed by atoms with Gasteiger partial charge in [0.2, 0.25) is 4.77 Å². The average Bonchev–Trinajstić information content (AvgIpc) is 2.77. The van der Waals surface area contributed by atoms with Crippen LogP contribution < -0.4 is 5.32 Å². The second-order valence-electron chi connectivity index (χ2n) is 4.94. The van der Waals surface area contributed by atoms with E-state index in [2.05, 4.69) is 24.1 Å². The summed E-state index contributed by atoms with van der Waals surface area (Å²) in [5.41, 5.74) is 0.823. The molecule has 0 unspecified atom stereocenters. The second-order valence-corrected chi connectivity index (χ2v) is 5.31. The van der Waals surface area contributed by atoms with Crippen LogP contribution in [0.3, 0.4) is 0 Å². The van der Waals surface area contributed by atoms with Crippen molar-refractivity contribution < 1.29 is 4.79 Å². The lowest BCUT2D eigenvalue weighted by molar-refractivity contribution is 0.0882. The molecule has 0 saturated heterocycles. The van der Waals surface area contributed by atoms with Crippen molar-refractivity contribution >= 4 is 34.8 Å². The zero-order valence-corrected chi connectivity index (χ0v) is 11.7. The molecule has 0 amide bonds. The first kappa shape index (κ1) is 12.3. The summed E-state index contributed by atoms with van der Waals surface area (Å²) in [7, 11) is 0. The highest BCUT2D eigenvalue weighted by Gasteiger charge is 2.34. The van der Waals surface area contributed by atoms with E-state index in [1.54, 1.807) is 0 Å². The number of carbonyl (C=O) groups is 1. The van der Waals surface area contributed by atoms with Crippen LogP contribution in [-0.2, 0) is 0 Å². The van der Waals surface area contributed by atoms with Crippen molar-refractivity contribution in [2.75, 3.05) is 5.32 Å². The van der Waals surface area contributed by atoms with Gasteiger partial charge in [-0.05, 0) is 30.3 Å². The Bertz CT molecular complexity index is 722. The van der Waals surface area contributed by atoms with Crippen LogP contribution in [0.4, 0.5) is 5.82 Å². The minimum absolute atomic E-state index is 0.00704. The van der Waals surface area contributed by atoms with Gasteiger partial charge in [0.1, 0.15) is 11.9 Å². The lowest BCUT2D eigenvalue weighted by atomic mass is 9.99. The van der Waals surface area contributed by atoms with E-state index in [-0.39, 0.29) is 17.9 Å². The van der Waals surface area contributed by atoms with E-state index in [4.69, 9.17) is 12.2 Å². The maximum absolute atomic E-state index is 12.5. The van der Waals surface area contributed by atoms with Gasteiger partial charge in [-0.3, -0.25) is 4.79 Å². The minimum Gasteiger partial charge on any atom is -0.359 e. The molecule has 1 aliphatic rings. The molecule has 0 radical (unpaired) electrons. The van der Waals surface area contributed by atoms with Gasteiger partial charge in [-0.15, -0.1) is 0 Å². The molecule has 1 aromatic carbocycles. The Morgan fingerprint density at radius 2 is 2.21 bits per heavy atom. The Balaban J connectivity index is 2.24. The van der Waals surface area contributed by atoms with E-state index >= 15 is 0 Å². The number of hydrogen-bond acceptors (Lipinski definition) is 4. The molecule has 5 heteroatoms. The van der Waals surface area contributed by atoms with Crippen LogP contribution in [0, 0.1) is 10.7 Å². The van der Waals surface area contributed by atoms with E-state index in [0.717, 1.165) is 23.1 Å². The quantitative estimate of drug-likeness (QED) is 0.853. The largest absolute Gasteiger partial charge is 0.359 e. The summed E-state index contributed by atoms with van der Waals surface area (Å²) in [6.45, 7) is 4.15. The highest BCUT2D eigenvalue weighted by Crippen LogP contribution is 2.30. The zero-order chi connectivity index (χ0) is 13.6. The van der Waals surface area contributed by atoms with Crippen LogP contribution in [0.2, 0.25) is 0 Å². The maximum atomic E-state index is 12.5. The number of carbonyl (C=O) groups excluding carboxylic acids is 1. The van der Waals surface area contributed by atoms with Crippen molar-refractivity contribution in [3.63, 3.8) is 0 Å². The third-order valence-electron chi connectivity index (χ3n) is 3.78. The number of fused-ring (bicyclic) bond motifs is 3. The molecule has 0 saturated carbocycles. The van der Waals surface area contributed by atoms with Crippen molar-refractivity contribution in [1.29, 1.82) is 0 Å². The minimum atomic E-state index is -0.209. The molecule has 0 aliphatic carbocycles. The van der Waals surface area contributed by atoms with Gasteiger partial charge in [-0.25, -0.2) is 9.55 Å². The van der Waals surface area contributed by atoms with E-state index in [9.17, 15) is 4.79 Å². The molecular weight excluding hydrogens is 258 g/mol. The summed E-state index contributed by atoms with van der Waals surface area (Å²) in [5, 5.41) is 4.27. The molecule has 19 heavy (non-hydrogen) atoms. The van der Waals surface area contributed by atoms with Crippen LogP contribution in [0.5, 0.6) is 0 Å². The van der Waals surface area contributed by atoms with Crippen LogP contribution in [0.1, 0.15) is 25.1 Å². The fourth-order valence-electron chi connectivity index (χ4n) is 2.46. The molecule has 2 heterocycles. The second kappa shape index (κ2) is 4.42. The monoisotopic (exact) mass is 273 g/mol. The van der Waals surface area contributed by atoms with Gasteiger partial charge >= 0.3 is 0 Å². The molecule has 1 N–H and O–H groups in total.